The topological polar surface area (TPSA) is 65.5 Å². The van der Waals surface area contributed by atoms with E-state index in [-0.39, 0.29) is 11.7 Å². The maximum atomic E-state index is 11.5. The summed E-state index contributed by atoms with van der Waals surface area (Å²) < 4.78 is 0. The van der Waals surface area contributed by atoms with Crippen molar-refractivity contribution < 1.29 is 9.90 Å². The predicted molar refractivity (Wildman–Crippen MR) is 56.8 cm³/mol. The van der Waals surface area contributed by atoms with Crippen molar-refractivity contribution in [2.45, 2.75) is 0 Å². The van der Waals surface area contributed by atoms with E-state index >= 15 is 0 Å². The quantitative estimate of drug-likeness (QED) is 0.737. The van der Waals surface area contributed by atoms with E-state index in [9.17, 15) is 4.79 Å². The number of hydrogen-bond acceptors (Lipinski definition) is 4. The molecule has 1 aromatic heterocycles. The molecule has 0 aliphatic carbocycles. The van der Waals surface area contributed by atoms with Crippen molar-refractivity contribution in [2.75, 3.05) is 27.2 Å². The minimum atomic E-state index is -0.222. The molecular weight excluding hydrogens is 194 g/mol. The van der Waals surface area contributed by atoms with Crippen LogP contribution in [0.4, 0.5) is 0 Å². The fourth-order valence-electron chi connectivity index (χ4n) is 1.05. The number of aromatic hydroxyl groups is 1. The fraction of sp³-hybridized carbons (Fsp3) is 0.400. The van der Waals surface area contributed by atoms with Crippen LogP contribution in [-0.2, 0) is 0 Å². The zero-order valence-corrected chi connectivity index (χ0v) is 8.90. The zero-order valence-electron chi connectivity index (χ0n) is 8.90. The molecule has 5 heteroatoms. The van der Waals surface area contributed by atoms with Gasteiger partial charge >= 0.3 is 0 Å². The molecule has 0 spiro atoms. The van der Waals surface area contributed by atoms with Crippen LogP contribution in [0, 0.1) is 0 Å². The third-order valence-electron chi connectivity index (χ3n) is 1.83. The largest absolute Gasteiger partial charge is 0.506 e. The van der Waals surface area contributed by atoms with Crippen LogP contribution in [0.2, 0.25) is 0 Å². The smallest absolute Gasteiger partial charge is 0.253 e. The summed E-state index contributed by atoms with van der Waals surface area (Å²) >= 11 is 0. The number of aromatic nitrogens is 1. The highest BCUT2D eigenvalue weighted by Crippen LogP contribution is 2.07. The number of carbonyl (C=O) groups is 1. The van der Waals surface area contributed by atoms with E-state index < -0.39 is 0 Å². The molecule has 15 heavy (non-hydrogen) atoms. The Hall–Kier alpha value is -1.62. The molecule has 1 amide bonds. The summed E-state index contributed by atoms with van der Waals surface area (Å²) in [5.74, 6) is -0.226. The lowest BCUT2D eigenvalue weighted by Crippen LogP contribution is -2.31. The summed E-state index contributed by atoms with van der Waals surface area (Å²) in [5.41, 5.74) is 0.369. The van der Waals surface area contributed by atoms with E-state index in [4.69, 9.17) is 5.11 Å². The van der Waals surface area contributed by atoms with Crippen molar-refractivity contribution in [1.29, 1.82) is 0 Å². The number of pyridine rings is 1. The van der Waals surface area contributed by atoms with Crippen molar-refractivity contribution in [1.82, 2.24) is 15.2 Å². The molecule has 0 aromatic carbocycles. The Balaban J connectivity index is 2.47. The van der Waals surface area contributed by atoms with Crippen LogP contribution in [0.1, 0.15) is 10.4 Å². The average molecular weight is 209 g/mol. The molecular formula is C10H15N3O2. The molecule has 0 bridgehead atoms. The van der Waals surface area contributed by atoms with E-state index in [1.54, 1.807) is 0 Å². The molecule has 0 atom stereocenters. The van der Waals surface area contributed by atoms with Gasteiger partial charge in [0.05, 0.1) is 11.8 Å². The summed E-state index contributed by atoms with van der Waals surface area (Å²) in [6, 6.07) is 1.39. The highest BCUT2D eigenvalue weighted by atomic mass is 16.3. The Morgan fingerprint density at radius 2 is 2.27 bits per heavy atom. The Morgan fingerprint density at radius 1 is 1.53 bits per heavy atom. The standard InChI is InChI=1S/C10H15N3O2/c1-13(2)4-3-12-10(15)8-5-9(14)7-11-6-8/h5-7,14H,3-4H2,1-2H3,(H,12,15). The molecule has 2 N–H and O–H groups in total. The number of likely N-dealkylation sites (N-methyl/N-ethyl adjacent to an activating group) is 1. The van der Waals surface area contributed by atoms with Gasteiger partial charge in [-0.05, 0) is 20.2 Å². The second-order valence-corrected chi connectivity index (χ2v) is 3.49. The number of nitrogens with one attached hydrogen (secondary N) is 1. The third-order valence-corrected chi connectivity index (χ3v) is 1.83. The Bertz CT molecular complexity index is 339. The van der Waals surface area contributed by atoms with Crippen LogP contribution in [-0.4, -0.2) is 48.1 Å². The SMILES string of the molecule is CN(C)CCNC(=O)c1cncc(O)c1. The molecule has 1 rings (SSSR count). The minimum Gasteiger partial charge on any atom is -0.506 e. The van der Waals surface area contributed by atoms with Crippen LogP contribution < -0.4 is 5.32 Å². The second-order valence-electron chi connectivity index (χ2n) is 3.49. The van der Waals surface area contributed by atoms with Crippen LogP contribution >= 0.6 is 0 Å². The molecule has 0 fully saturated rings. The lowest BCUT2D eigenvalue weighted by molar-refractivity contribution is 0.0950. The molecule has 0 radical (unpaired) electrons. The molecule has 1 aromatic rings. The zero-order chi connectivity index (χ0) is 11.3. The average Bonchev–Trinajstić information content (AvgIpc) is 2.17. The van der Waals surface area contributed by atoms with E-state index in [1.165, 1.54) is 18.5 Å². The van der Waals surface area contributed by atoms with Crippen molar-refractivity contribution in [2.24, 2.45) is 0 Å². The van der Waals surface area contributed by atoms with Gasteiger partial charge in [-0.15, -0.1) is 0 Å². The maximum Gasteiger partial charge on any atom is 0.253 e. The van der Waals surface area contributed by atoms with Gasteiger partial charge in [0.25, 0.3) is 5.91 Å². The number of hydrogen-bond donors (Lipinski definition) is 2. The Morgan fingerprint density at radius 3 is 2.87 bits per heavy atom. The minimum absolute atomic E-state index is 0.00439. The van der Waals surface area contributed by atoms with E-state index in [0.29, 0.717) is 12.1 Å². The first-order chi connectivity index (χ1) is 7.09. The van der Waals surface area contributed by atoms with Crippen molar-refractivity contribution in [3.8, 4) is 5.75 Å². The molecule has 1 heterocycles. The van der Waals surface area contributed by atoms with Gasteiger partial charge in [-0.1, -0.05) is 0 Å². The molecule has 5 nitrogen and oxygen atoms in total. The van der Waals surface area contributed by atoms with Gasteiger partial charge in [0.1, 0.15) is 5.75 Å². The summed E-state index contributed by atoms with van der Waals surface area (Å²) in [5, 5.41) is 11.9. The fourth-order valence-corrected chi connectivity index (χ4v) is 1.05. The van der Waals surface area contributed by atoms with E-state index in [1.807, 2.05) is 19.0 Å². The third kappa shape index (κ3) is 3.95. The van der Waals surface area contributed by atoms with Crippen LogP contribution in [0.15, 0.2) is 18.5 Å². The summed E-state index contributed by atoms with van der Waals surface area (Å²) in [6.45, 7) is 1.35. The molecule has 82 valence electrons. The van der Waals surface area contributed by atoms with Crippen molar-refractivity contribution in [3.63, 3.8) is 0 Å². The molecule has 0 saturated heterocycles. The van der Waals surface area contributed by atoms with Gasteiger partial charge in [-0.25, -0.2) is 0 Å². The normalized spacial score (nSPS) is 10.3. The first-order valence-corrected chi connectivity index (χ1v) is 4.66. The number of rotatable bonds is 4. The van der Waals surface area contributed by atoms with Crippen molar-refractivity contribution in [3.05, 3.63) is 24.0 Å². The highest BCUT2D eigenvalue weighted by Gasteiger charge is 2.05. The lowest BCUT2D eigenvalue weighted by Gasteiger charge is -2.10. The predicted octanol–water partition coefficient (Wildman–Crippen LogP) is 0.0786. The van der Waals surface area contributed by atoms with E-state index in [0.717, 1.165) is 6.54 Å². The summed E-state index contributed by atoms with van der Waals surface area (Å²) in [4.78, 5) is 17.2. The van der Waals surface area contributed by atoms with Crippen LogP contribution in [0.3, 0.4) is 0 Å². The first kappa shape index (κ1) is 11.5. The lowest BCUT2D eigenvalue weighted by atomic mass is 10.2. The molecule has 0 aliphatic heterocycles. The molecule has 0 aliphatic rings. The van der Waals surface area contributed by atoms with Crippen molar-refractivity contribution >= 4 is 5.91 Å². The van der Waals surface area contributed by atoms with Gasteiger partial charge in [0.15, 0.2) is 0 Å². The number of nitrogens with zero attached hydrogens (tertiary/aromatic N) is 2. The van der Waals surface area contributed by atoms with Gasteiger partial charge in [-0.3, -0.25) is 9.78 Å². The second kappa shape index (κ2) is 5.31. The number of amides is 1. The summed E-state index contributed by atoms with van der Waals surface area (Å²) in [7, 11) is 3.87. The first-order valence-electron chi connectivity index (χ1n) is 4.66. The Kier molecular flexibility index (Phi) is 4.05. The summed E-state index contributed by atoms with van der Waals surface area (Å²) in [6.07, 6.45) is 2.71. The monoisotopic (exact) mass is 209 g/mol. The van der Waals surface area contributed by atoms with E-state index in [2.05, 4.69) is 10.3 Å². The number of carbonyl (C=O) groups excluding carboxylic acids is 1. The highest BCUT2D eigenvalue weighted by molar-refractivity contribution is 5.94. The van der Waals surface area contributed by atoms with Gasteiger partial charge in [0.2, 0.25) is 0 Å². The van der Waals surface area contributed by atoms with Crippen LogP contribution in [0.25, 0.3) is 0 Å². The van der Waals surface area contributed by atoms with Crippen LogP contribution in [0.5, 0.6) is 5.75 Å². The van der Waals surface area contributed by atoms with Gasteiger partial charge in [0, 0.05) is 19.3 Å². The molecule has 0 saturated carbocycles. The van der Waals surface area contributed by atoms with Gasteiger partial charge in [-0.2, -0.15) is 0 Å². The Labute approximate surface area is 88.7 Å². The van der Waals surface area contributed by atoms with Gasteiger partial charge < -0.3 is 15.3 Å². The maximum absolute atomic E-state index is 11.5. The molecule has 0 unspecified atom stereocenters.